The largest absolute Gasteiger partial charge is 0.481 e. The molecule has 0 heterocycles. The number of unbranched alkanes of at least 4 members (excludes halogenated alkanes) is 1. The third-order valence-corrected chi connectivity index (χ3v) is 4.07. The van der Waals surface area contributed by atoms with E-state index < -0.39 is 11.4 Å². The summed E-state index contributed by atoms with van der Waals surface area (Å²) < 4.78 is 0. The zero-order valence-corrected chi connectivity index (χ0v) is 11.5. The fraction of sp³-hybridized carbons (Fsp3) is 0.857. The SMILES string of the molecule is CCCCC(=O)NCC1(C(=O)O)CCC(C)CC1. The third-order valence-electron chi connectivity index (χ3n) is 4.07. The van der Waals surface area contributed by atoms with Crippen LogP contribution in [0.5, 0.6) is 0 Å². The van der Waals surface area contributed by atoms with Crippen molar-refractivity contribution in [1.29, 1.82) is 0 Å². The normalized spacial score (nSPS) is 27.8. The second-order valence-corrected chi connectivity index (χ2v) is 5.65. The summed E-state index contributed by atoms with van der Waals surface area (Å²) in [7, 11) is 0. The highest BCUT2D eigenvalue weighted by atomic mass is 16.4. The van der Waals surface area contributed by atoms with E-state index in [2.05, 4.69) is 12.2 Å². The second-order valence-electron chi connectivity index (χ2n) is 5.65. The lowest BCUT2D eigenvalue weighted by molar-refractivity contribution is -0.151. The molecule has 0 aromatic heterocycles. The van der Waals surface area contributed by atoms with Crippen LogP contribution < -0.4 is 5.32 Å². The number of amides is 1. The van der Waals surface area contributed by atoms with Crippen molar-refractivity contribution in [2.24, 2.45) is 11.3 Å². The van der Waals surface area contributed by atoms with Gasteiger partial charge in [0, 0.05) is 13.0 Å². The average Bonchev–Trinajstić information content (AvgIpc) is 2.35. The fourth-order valence-electron chi connectivity index (χ4n) is 2.47. The smallest absolute Gasteiger partial charge is 0.311 e. The van der Waals surface area contributed by atoms with Gasteiger partial charge in [0.05, 0.1) is 5.41 Å². The second kappa shape index (κ2) is 6.76. The Bertz CT molecular complexity index is 293. The first-order valence-electron chi connectivity index (χ1n) is 7.00. The molecular weight excluding hydrogens is 230 g/mol. The number of hydrogen-bond acceptors (Lipinski definition) is 2. The number of carbonyl (C=O) groups is 2. The number of carboxylic acids is 1. The third kappa shape index (κ3) is 4.00. The topological polar surface area (TPSA) is 66.4 Å². The maximum absolute atomic E-state index is 11.6. The number of aliphatic carboxylic acids is 1. The maximum Gasteiger partial charge on any atom is 0.311 e. The van der Waals surface area contributed by atoms with Crippen molar-refractivity contribution in [2.75, 3.05) is 6.54 Å². The summed E-state index contributed by atoms with van der Waals surface area (Å²) >= 11 is 0. The predicted molar refractivity (Wildman–Crippen MR) is 70.2 cm³/mol. The van der Waals surface area contributed by atoms with Crippen LogP contribution in [0.3, 0.4) is 0 Å². The molecule has 2 N–H and O–H groups in total. The van der Waals surface area contributed by atoms with E-state index in [9.17, 15) is 14.7 Å². The molecule has 1 rings (SSSR count). The van der Waals surface area contributed by atoms with Gasteiger partial charge in [-0.1, -0.05) is 20.3 Å². The Kier molecular flexibility index (Phi) is 5.63. The molecule has 1 aliphatic carbocycles. The Labute approximate surface area is 109 Å². The summed E-state index contributed by atoms with van der Waals surface area (Å²) in [6.45, 7) is 4.48. The molecule has 0 aromatic rings. The van der Waals surface area contributed by atoms with E-state index >= 15 is 0 Å². The molecule has 18 heavy (non-hydrogen) atoms. The molecule has 1 saturated carbocycles. The predicted octanol–water partition coefficient (Wildman–Crippen LogP) is 2.57. The van der Waals surface area contributed by atoms with E-state index in [1.165, 1.54) is 0 Å². The van der Waals surface area contributed by atoms with Crippen LogP contribution in [0, 0.1) is 11.3 Å². The van der Waals surface area contributed by atoms with Crippen molar-refractivity contribution in [3.05, 3.63) is 0 Å². The standard InChI is InChI=1S/C14H25NO3/c1-3-4-5-12(16)15-10-14(13(17)18)8-6-11(2)7-9-14/h11H,3-10H2,1-2H3,(H,15,16)(H,17,18). The lowest BCUT2D eigenvalue weighted by Gasteiger charge is -2.35. The highest BCUT2D eigenvalue weighted by Gasteiger charge is 2.41. The Morgan fingerprint density at radius 1 is 1.33 bits per heavy atom. The van der Waals surface area contributed by atoms with Gasteiger partial charge in [0.1, 0.15) is 0 Å². The molecular formula is C14H25NO3. The minimum Gasteiger partial charge on any atom is -0.481 e. The van der Waals surface area contributed by atoms with Crippen molar-refractivity contribution < 1.29 is 14.7 Å². The van der Waals surface area contributed by atoms with Gasteiger partial charge in [0.25, 0.3) is 0 Å². The summed E-state index contributed by atoms with van der Waals surface area (Å²) in [5.74, 6) is -0.172. The minimum atomic E-state index is -0.759. The summed E-state index contributed by atoms with van der Waals surface area (Å²) in [5, 5.41) is 12.2. The van der Waals surface area contributed by atoms with Crippen LogP contribution in [0.1, 0.15) is 58.8 Å². The molecule has 4 nitrogen and oxygen atoms in total. The summed E-state index contributed by atoms with van der Waals surface area (Å²) in [6.07, 6.45) is 5.59. The van der Waals surface area contributed by atoms with Crippen molar-refractivity contribution in [2.45, 2.75) is 58.8 Å². The van der Waals surface area contributed by atoms with Crippen LogP contribution >= 0.6 is 0 Å². The average molecular weight is 255 g/mol. The molecule has 1 amide bonds. The number of carboxylic acid groups (broad SMARTS) is 1. The lowest BCUT2D eigenvalue weighted by Crippen LogP contribution is -2.45. The van der Waals surface area contributed by atoms with Gasteiger partial charge in [-0.3, -0.25) is 9.59 Å². The molecule has 0 spiro atoms. The summed E-state index contributed by atoms with van der Waals surface area (Å²) in [4.78, 5) is 23.0. The Hall–Kier alpha value is -1.06. The van der Waals surface area contributed by atoms with Crippen molar-refractivity contribution in [3.8, 4) is 0 Å². The van der Waals surface area contributed by atoms with Crippen molar-refractivity contribution in [3.63, 3.8) is 0 Å². The van der Waals surface area contributed by atoms with Crippen LogP contribution in [-0.2, 0) is 9.59 Å². The first-order chi connectivity index (χ1) is 8.50. The molecule has 0 aromatic carbocycles. The fourth-order valence-corrected chi connectivity index (χ4v) is 2.47. The van der Waals surface area contributed by atoms with Crippen molar-refractivity contribution in [1.82, 2.24) is 5.32 Å². The first-order valence-corrected chi connectivity index (χ1v) is 7.00. The van der Waals surface area contributed by atoms with Gasteiger partial charge in [0.15, 0.2) is 0 Å². The lowest BCUT2D eigenvalue weighted by atomic mass is 9.71. The maximum atomic E-state index is 11.6. The quantitative estimate of drug-likeness (QED) is 0.766. The summed E-state index contributed by atoms with van der Waals surface area (Å²) in [5.41, 5.74) is -0.728. The molecule has 4 heteroatoms. The van der Waals surface area contributed by atoms with E-state index in [-0.39, 0.29) is 12.5 Å². The van der Waals surface area contributed by atoms with Gasteiger partial charge in [-0.2, -0.15) is 0 Å². The molecule has 0 bridgehead atoms. The highest BCUT2D eigenvalue weighted by molar-refractivity contribution is 5.79. The molecule has 0 saturated heterocycles. The molecule has 104 valence electrons. The summed E-state index contributed by atoms with van der Waals surface area (Å²) in [6, 6.07) is 0. The van der Waals surface area contributed by atoms with Gasteiger partial charge in [-0.05, 0) is 38.0 Å². The molecule has 1 fully saturated rings. The number of nitrogens with one attached hydrogen (secondary N) is 1. The van der Waals surface area contributed by atoms with Gasteiger partial charge in [-0.15, -0.1) is 0 Å². The molecule has 0 atom stereocenters. The molecule has 0 aliphatic heterocycles. The monoisotopic (exact) mass is 255 g/mol. The Morgan fingerprint density at radius 3 is 2.44 bits per heavy atom. The number of carbonyl (C=O) groups excluding carboxylic acids is 1. The molecule has 0 unspecified atom stereocenters. The van der Waals surface area contributed by atoms with E-state index in [4.69, 9.17) is 0 Å². The Morgan fingerprint density at radius 2 is 1.94 bits per heavy atom. The van der Waals surface area contributed by atoms with Crippen LogP contribution in [0.25, 0.3) is 0 Å². The van der Waals surface area contributed by atoms with E-state index in [0.29, 0.717) is 25.2 Å². The van der Waals surface area contributed by atoms with E-state index in [0.717, 1.165) is 25.7 Å². The van der Waals surface area contributed by atoms with Gasteiger partial charge >= 0.3 is 5.97 Å². The highest BCUT2D eigenvalue weighted by Crippen LogP contribution is 2.38. The first kappa shape index (κ1) is 15.0. The van der Waals surface area contributed by atoms with Gasteiger partial charge in [-0.25, -0.2) is 0 Å². The molecule has 0 radical (unpaired) electrons. The van der Waals surface area contributed by atoms with Crippen LogP contribution in [-0.4, -0.2) is 23.5 Å². The zero-order chi connectivity index (χ0) is 13.6. The minimum absolute atomic E-state index is 0.0175. The Balaban J connectivity index is 2.48. The van der Waals surface area contributed by atoms with Gasteiger partial charge < -0.3 is 10.4 Å². The van der Waals surface area contributed by atoms with E-state index in [1.807, 2.05) is 6.92 Å². The number of hydrogen-bond donors (Lipinski definition) is 2. The zero-order valence-electron chi connectivity index (χ0n) is 11.5. The van der Waals surface area contributed by atoms with Gasteiger partial charge in [0.2, 0.25) is 5.91 Å². The van der Waals surface area contributed by atoms with Crippen LogP contribution in [0.4, 0.5) is 0 Å². The van der Waals surface area contributed by atoms with Crippen molar-refractivity contribution >= 4 is 11.9 Å². The molecule has 1 aliphatic rings. The van der Waals surface area contributed by atoms with Crippen LogP contribution in [0.2, 0.25) is 0 Å². The van der Waals surface area contributed by atoms with Crippen LogP contribution in [0.15, 0.2) is 0 Å². The number of rotatable bonds is 6. The van der Waals surface area contributed by atoms with E-state index in [1.54, 1.807) is 0 Å².